The van der Waals surface area contributed by atoms with Crippen molar-refractivity contribution >= 4 is 29.8 Å². The number of anilines is 1. The number of unbranched alkanes of at least 4 members (excludes halogenated alkanes) is 1. The maximum Gasteiger partial charge on any atom is 0.320 e. The van der Waals surface area contributed by atoms with Gasteiger partial charge in [0.25, 0.3) is 5.97 Å². The molecule has 154 valence electrons. The highest BCUT2D eigenvalue weighted by molar-refractivity contribution is 5.89. The van der Waals surface area contributed by atoms with Crippen LogP contribution in [0.15, 0.2) is 24.3 Å². The van der Waals surface area contributed by atoms with Crippen molar-refractivity contribution in [1.82, 2.24) is 6.15 Å². The van der Waals surface area contributed by atoms with Crippen molar-refractivity contribution < 1.29 is 29.4 Å². The minimum absolute atomic E-state index is 0. The molecule has 1 aromatic carbocycles. The summed E-state index contributed by atoms with van der Waals surface area (Å²) >= 11 is 0. The van der Waals surface area contributed by atoms with Crippen LogP contribution in [0.1, 0.15) is 43.5 Å². The Hall–Kier alpha value is -2.82. The zero-order chi connectivity index (χ0) is 20.5. The van der Waals surface area contributed by atoms with E-state index in [1.807, 2.05) is 0 Å². The first-order chi connectivity index (χ1) is 12.1. The van der Waals surface area contributed by atoms with Crippen LogP contribution in [0.2, 0.25) is 0 Å². The topological polar surface area (TPSA) is 208 Å². The van der Waals surface area contributed by atoms with Gasteiger partial charge in [-0.2, -0.15) is 0 Å². The molecular formula is C17H30N4O6. The number of hydrogen-bond acceptors (Lipinski definition) is 7. The third kappa shape index (κ3) is 21.1. The molecule has 0 aromatic heterocycles. The molecule has 0 radical (unpaired) electrons. The third-order valence-corrected chi connectivity index (χ3v) is 2.65. The molecule has 0 aliphatic carbocycles. The van der Waals surface area contributed by atoms with Crippen molar-refractivity contribution in [3.8, 4) is 0 Å². The molecule has 27 heavy (non-hydrogen) atoms. The summed E-state index contributed by atoms with van der Waals surface area (Å²) in [6.45, 7) is 3.12. The van der Waals surface area contributed by atoms with Crippen LogP contribution in [0.3, 0.4) is 0 Å². The fraction of sp³-hybridized carbons (Fsp3) is 0.412. The molecule has 0 saturated heterocycles. The van der Waals surface area contributed by atoms with Gasteiger partial charge in [0.2, 0.25) is 5.91 Å². The van der Waals surface area contributed by atoms with E-state index in [4.69, 9.17) is 26.5 Å². The Morgan fingerprint density at radius 2 is 1.59 bits per heavy atom. The lowest BCUT2D eigenvalue weighted by Crippen LogP contribution is -2.29. The molecule has 0 aliphatic rings. The summed E-state index contributed by atoms with van der Waals surface area (Å²) in [6, 6.07) is 5.96. The van der Waals surface area contributed by atoms with Gasteiger partial charge in [-0.3, -0.25) is 19.2 Å². The smallest absolute Gasteiger partial charge is 0.320 e. The molecule has 1 aromatic rings. The summed E-state index contributed by atoms with van der Waals surface area (Å²) < 4.78 is 0. The Labute approximate surface area is 158 Å². The van der Waals surface area contributed by atoms with Gasteiger partial charge < -0.3 is 33.1 Å². The summed E-state index contributed by atoms with van der Waals surface area (Å²) in [7, 11) is 0. The number of aliphatic carboxylic acids is 2. The van der Waals surface area contributed by atoms with Crippen LogP contribution in [-0.2, 0) is 14.4 Å². The van der Waals surface area contributed by atoms with Crippen LogP contribution in [0.25, 0.3) is 0 Å². The lowest BCUT2D eigenvalue weighted by atomic mass is 10.1. The van der Waals surface area contributed by atoms with Crippen LogP contribution in [0.4, 0.5) is 5.69 Å². The Kier molecular flexibility index (Phi) is 19.3. The van der Waals surface area contributed by atoms with E-state index in [9.17, 15) is 14.4 Å². The normalized spacial score (nSPS) is 9.78. The molecule has 0 heterocycles. The molecule has 10 N–H and O–H groups in total. The predicted molar refractivity (Wildman–Crippen MR) is 103 cm³/mol. The summed E-state index contributed by atoms with van der Waals surface area (Å²) in [6.07, 6.45) is 2.93. The van der Waals surface area contributed by atoms with Gasteiger partial charge in [-0.15, -0.1) is 0 Å². The molecule has 0 fully saturated rings. The van der Waals surface area contributed by atoms with Crippen molar-refractivity contribution in [2.45, 2.75) is 39.2 Å². The average molecular weight is 386 g/mol. The van der Waals surface area contributed by atoms with E-state index in [1.165, 1.54) is 6.92 Å². The first kappa shape index (κ1) is 29.0. The van der Waals surface area contributed by atoms with Gasteiger partial charge in [-0.25, -0.2) is 0 Å². The fourth-order valence-electron chi connectivity index (χ4n) is 1.48. The molecule has 1 rings (SSSR count). The van der Waals surface area contributed by atoms with E-state index in [-0.39, 0.29) is 12.1 Å². The molecule has 0 saturated carbocycles. The molecule has 0 aliphatic heterocycles. The van der Waals surface area contributed by atoms with Gasteiger partial charge in [0.15, 0.2) is 0 Å². The van der Waals surface area contributed by atoms with E-state index in [0.717, 1.165) is 26.1 Å². The summed E-state index contributed by atoms with van der Waals surface area (Å²) in [5.74, 6) is -1.88. The van der Waals surface area contributed by atoms with Crippen molar-refractivity contribution in [2.24, 2.45) is 11.5 Å². The third-order valence-electron chi connectivity index (χ3n) is 2.65. The highest BCUT2D eigenvalue weighted by atomic mass is 16.4. The average Bonchev–Trinajstić information content (AvgIpc) is 2.55. The van der Waals surface area contributed by atoms with E-state index >= 15 is 0 Å². The number of carbonyl (C=O) groups is 4. The highest BCUT2D eigenvalue weighted by Crippen LogP contribution is 2.07. The van der Waals surface area contributed by atoms with E-state index < -0.39 is 18.0 Å². The number of carboxylic acids is 2. The summed E-state index contributed by atoms with van der Waals surface area (Å²) in [5.41, 5.74) is 11.7. The van der Waals surface area contributed by atoms with Crippen LogP contribution in [0.5, 0.6) is 0 Å². The van der Waals surface area contributed by atoms with E-state index in [1.54, 1.807) is 24.3 Å². The highest BCUT2D eigenvalue weighted by Gasteiger charge is 2.09. The molecular weight excluding hydrogens is 356 g/mol. The minimum Gasteiger partial charge on any atom is -0.481 e. The number of rotatable bonds is 7. The Morgan fingerprint density at radius 3 is 1.93 bits per heavy atom. The van der Waals surface area contributed by atoms with Gasteiger partial charge in [0.1, 0.15) is 12.3 Å². The SMILES string of the molecule is CC(=O)Nc1ccc(C=O)cc1.CC(=O)O.N.NCCCC[C@H](N)C(=O)O. The van der Waals surface area contributed by atoms with Gasteiger partial charge in [0, 0.05) is 25.1 Å². The Balaban J connectivity index is -0.000000350. The summed E-state index contributed by atoms with van der Waals surface area (Å²) in [4.78, 5) is 40.0. The fourth-order valence-corrected chi connectivity index (χ4v) is 1.48. The molecule has 0 bridgehead atoms. The maximum atomic E-state index is 10.6. The van der Waals surface area contributed by atoms with Crippen molar-refractivity contribution in [2.75, 3.05) is 11.9 Å². The number of carboxylic acid groups (broad SMARTS) is 2. The number of aldehydes is 1. The lowest BCUT2D eigenvalue weighted by molar-refractivity contribution is -0.138. The second kappa shape index (κ2) is 18.0. The van der Waals surface area contributed by atoms with Gasteiger partial charge in [-0.1, -0.05) is 6.42 Å². The quantitative estimate of drug-likeness (QED) is 0.293. The maximum absolute atomic E-state index is 10.6. The van der Waals surface area contributed by atoms with Crippen LogP contribution < -0.4 is 22.9 Å². The van der Waals surface area contributed by atoms with E-state index in [0.29, 0.717) is 24.2 Å². The van der Waals surface area contributed by atoms with Crippen molar-refractivity contribution in [3.63, 3.8) is 0 Å². The van der Waals surface area contributed by atoms with Crippen molar-refractivity contribution in [1.29, 1.82) is 0 Å². The van der Waals surface area contributed by atoms with E-state index in [2.05, 4.69) is 5.32 Å². The first-order valence-corrected chi connectivity index (χ1v) is 7.84. The number of nitrogens with two attached hydrogens (primary N) is 2. The lowest BCUT2D eigenvalue weighted by Gasteiger charge is -2.03. The Bertz CT molecular complexity index is 559. The molecule has 10 nitrogen and oxygen atoms in total. The van der Waals surface area contributed by atoms with Gasteiger partial charge in [-0.05, 0) is 43.7 Å². The zero-order valence-electron chi connectivity index (χ0n) is 15.7. The zero-order valence-corrected chi connectivity index (χ0v) is 15.7. The number of amides is 1. The van der Waals surface area contributed by atoms with Crippen LogP contribution in [0, 0.1) is 0 Å². The number of carbonyl (C=O) groups excluding carboxylic acids is 2. The molecule has 0 unspecified atom stereocenters. The first-order valence-electron chi connectivity index (χ1n) is 7.84. The van der Waals surface area contributed by atoms with Gasteiger partial charge >= 0.3 is 5.97 Å². The second-order valence-electron chi connectivity index (χ2n) is 5.17. The van der Waals surface area contributed by atoms with Crippen LogP contribution in [-0.4, -0.2) is 46.9 Å². The minimum atomic E-state index is -0.933. The standard InChI is InChI=1S/C9H9NO2.C6H14N2O2.C2H4O2.H3N/c1-7(12)10-9-4-2-8(6-11)3-5-9;7-4-2-1-3-5(8)6(9)10;1-2(3)4;/h2-6H,1H3,(H,10,12);5H,1-4,7-8H2,(H,9,10);1H3,(H,3,4);1H3/t;5-;;/m.0../s1. The van der Waals surface area contributed by atoms with Crippen molar-refractivity contribution in [3.05, 3.63) is 29.8 Å². The molecule has 1 amide bonds. The molecule has 10 heteroatoms. The molecule has 1 atom stereocenters. The monoisotopic (exact) mass is 386 g/mol. The largest absolute Gasteiger partial charge is 0.481 e. The predicted octanol–water partition coefficient (Wildman–Crippen LogP) is 1.24. The van der Waals surface area contributed by atoms with Crippen LogP contribution >= 0.6 is 0 Å². The number of hydrogen-bond donors (Lipinski definition) is 6. The van der Waals surface area contributed by atoms with Gasteiger partial charge in [0.05, 0.1) is 0 Å². The number of benzene rings is 1. The Morgan fingerprint density at radius 1 is 1.11 bits per heavy atom. The number of nitrogens with one attached hydrogen (secondary N) is 1. The second-order valence-corrected chi connectivity index (χ2v) is 5.17. The molecule has 0 spiro atoms. The summed E-state index contributed by atoms with van der Waals surface area (Å²) in [5, 5.41) is 18.3.